The Balaban J connectivity index is 2.04. The van der Waals surface area contributed by atoms with Crippen LogP contribution in [0.25, 0.3) is 0 Å². The highest BCUT2D eigenvalue weighted by Crippen LogP contribution is 2.25. The molecule has 0 aliphatic carbocycles. The minimum absolute atomic E-state index is 0.0414. The zero-order valence-electron chi connectivity index (χ0n) is 10.1. The smallest absolute Gasteiger partial charge is 0.377 e. The largest absolute Gasteiger partial charge is 0.463 e. The first-order valence-corrected chi connectivity index (χ1v) is 6.28. The number of aryl methyl sites for hydroxylation is 2. The lowest BCUT2D eigenvalue weighted by Gasteiger charge is -2.05. The number of halogens is 2. The molecule has 2 rings (SSSR count). The van der Waals surface area contributed by atoms with Crippen LogP contribution in [0, 0.1) is 0 Å². The van der Waals surface area contributed by atoms with Gasteiger partial charge in [-0.2, -0.15) is 0 Å². The van der Waals surface area contributed by atoms with Crippen molar-refractivity contribution >= 4 is 29.2 Å². The first-order valence-electron chi connectivity index (χ1n) is 5.52. The fourth-order valence-electron chi connectivity index (χ4n) is 1.56. The van der Waals surface area contributed by atoms with Gasteiger partial charge in [0, 0.05) is 6.54 Å². The second-order valence-electron chi connectivity index (χ2n) is 3.79. The molecule has 0 aliphatic rings. The summed E-state index contributed by atoms with van der Waals surface area (Å²) in [5, 5.41) is 5.06. The van der Waals surface area contributed by atoms with Crippen LogP contribution in [0.5, 0.6) is 0 Å². The van der Waals surface area contributed by atoms with Crippen molar-refractivity contribution in [3.05, 3.63) is 46.0 Å². The summed E-state index contributed by atoms with van der Waals surface area (Å²) in [5.41, 5.74) is 0.921. The quantitative estimate of drug-likeness (QED) is 0.814. The van der Waals surface area contributed by atoms with Gasteiger partial charge in [-0.3, -0.25) is 4.68 Å². The van der Waals surface area contributed by atoms with Crippen molar-refractivity contribution in [2.75, 3.05) is 7.11 Å². The fourth-order valence-corrected chi connectivity index (χ4v) is 1.98. The Bertz CT molecular complexity index is 598. The monoisotopic (exact) mass is 299 g/mol. The van der Waals surface area contributed by atoms with Crippen LogP contribution >= 0.6 is 23.2 Å². The van der Waals surface area contributed by atoms with E-state index in [2.05, 4.69) is 14.8 Å². The predicted octanol–water partition coefficient (Wildman–Crippen LogP) is 2.61. The molecule has 0 atom stereocenters. The van der Waals surface area contributed by atoms with Gasteiger partial charge >= 0.3 is 5.97 Å². The maximum Gasteiger partial charge on any atom is 0.377 e. The van der Waals surface area contributed by atoms with Crippen molar-refractivity contribution in [2.24, 2.45) is 0 Å². The third-order valence-corrected chi connectivity index (χ3v) is 3.40. The lowest BCUT2D eigenvalue weighted by atomic mass is 10.1. The number of esters is 1. The molecule has 100 valence electrons. The van der Waals surface area contributed by atoms with Gasteiger partial charge in [-0.05, 0) is 18.1 Å². The molecule has 7 heteroatoms. The van der Waals surface area contributed by atoms with Crippen molar-refractivity contribution in [1.82, 2.24) is 14.8 Å². The zero-order valence-corrected chi connectivity index (χ0v) is 11.6. The summed E-state index contributed by atoms with van der Waals surface area (Å²) in [5.74, 6) is -0.515. The van der Waals surface area contributed by atoms with E-state index in [-0.39, 0.29) is 5.82 Å². The van der Waals surface area contributed by atoms with Crippen molar-refractivity contribution in [3.8, 4) is 0 Å². The van der Waals surface area contributed by atoms with Gasteiger partial charge < -0.3 is 4.74 Å². The summed E-state index contributed by atoms with van der Waals surface area (Å²) < 4.78 is 6.09. The number of carbonyl (C=O) groups is 1. The van der Waals surface area contributed by atoms with Crippen LogP contribution in [0.3, 0.4) is 0 Å². The molecule has 1 aromatic carbocycles. The number of rotatable bonds is 4. The highest BCUT2D eigenvalue weighted by molar-refractivity contribution is 6.42. The van der Waals surface area contributed by atoms with Crippen LogP contribution in [0.1, 0.15) is 16.2 Å². The normalized spacial score (nSPS) is 10.5. The Morgan fingerprint density at radius 3 is 2.95 bits per heavy atom. The molecule has 0 unspecified atom stereocenters. The van der Waals surface area contributed by atoms with Crippen LogP contribution in [0.2, 0.25) is 10.0 Å². The summed E-state index contributed by atoms with van der Waals surface area (Å²) in [4.78, 5) is 15.1. The maximum absolute atomic E-state index is 11.2. The first kappa shape index (κ1) is 13.8. The number of methoxy groups -OCH3 is 1. The first-order chi connectivity index (χ1) is 9.11. The van der Waals surface area contributed by atoms with Crippen molar-refractivity contribution < 1.29 is 9.53 Å². The number of carbonyl (C=O) groups excluding carboxylic acids is 1. The number of aromatic nitrogens is 3. The van der Waals surface area contributed by atoms with Gasteiger partial charge in [0.2, 0.25) is 0 Å². The molecular weight excluding hydrogens is 289 g/mol. The van der Waals surface area contributed by atoms with Crippen LogP contribution in [-0.2, 0) is 17.7 Å². The van der Waals surface area contributed by atoms with E-state index < -0.39 is 5.97 Å². The van der Waals surface area contributed by atoms with E-state index in [9.17, 15) is 4.79 Å². The number of benzene rings is 1. The summed E-state index contributed by atoms with van der Waals surface area (Å²) in [6.45, 7) is 0.546. The third-order valence-electron chi connectivity index (χ3n) is 2.55. The lowest BCUT2D eigenvalue weighted by Crippen LogP contribution is -2.07. The lowest BCUT2D eigenvalue weighted by molar-refractivity contribution is 0.0586. The Labute approximate surface area is 120 Å². The molecule has 0 radical (unpaired) electrons. The summed E-state index contributed by atoms with van der Waals surface area (Å²) in [7, 11) is 1.29. The average Bonchev–Trinajstić information content (AvgIpc) is 2.88. The molecule has 5 nitrogen and oxygen atoms in total. The Morgan fingerprint density at radius 1 is 1.42 bits per heavy atom. The molecular formula is C12H11Cl2N3O2. The minimum Gasteiger partial charge on any atom is -0.463 e. The predicted molar refractivity (Wildman–Crippen MR) is 71.5 cm³/mol. The van der Waals surface area contributed by atoms with Gasteiger partial charge in [-0.15, -0.1) is 5.10 Å². The Hall–Kier alpha value is -1.59. The second-order valence-corrected chi connectivity index (χ2v) is 4.57. The minimum atomic E-state index is -0.556. The van der Waals surface area contributed by atoms with Gasteiger partial charge in [0.15, 0.2) is 0 Å². The molecule has 0 saturated heterocycles. The van der Waals surface area contributed by atoms with Gasteiger partial charge in [0.05, 0.1) is 17.2 Å². The summed E-state index contributed by atoms with van der Waals surface area (Å²) >= 11 is 12.0. The van der Waals surface area contributed by atoms with E-state index in [1.54, 1.807) is 10.7 Å². The van der Waals surface area contributed by atoms with Crippen LogP contribution < -0.4 is 0 Å². The number of hydrogen-bond acceptors (Lipinski definition) is 4. The molecule has 0 fully saturated rings. The zero-order chi connectivity index (χ0) is 13.8. The fraction of sp³-hybridized carbons (Fsp3) is 0.250. The molecule has 1 heterocycles. The molecule has 1 aromatic heterocycles. The van der Waals surface area contributed by atoms with Crippen molar-refractivity contribution in [1.29, 1.82) is 0 Å². The number of nitrogens with zero attached hydrogens (tertiary/aromatic N) is 3. The second kappa shape index (κ2) is 6.04. The molecule has 0 spiro atoms. The van der Waals surface area contributed by atoms with Gasteiger partial charge in [-0.1, -0.05) is 35.3 Å². The van der Waals surface area contributed by atoms with E-state index in [0.29, 0.717) is 23.0 Å². The van der Waals surface area contributed by atoms with Gasteiger partial charge in [-0.25, -0.2) is 9.78 Å². The van der Waals surface area contributed by atoms with Crippen LogP contribution in [0.4, 0.5) is 0 Å². The molecule has 0 aliphatic heterocycles. The molecule has 0 saturated carbocycles. The number of ether oxygens (including phenoxy) is 1. The number of hydrogen-bond donors (Lipinski definition) is 0. The van der Waals surface area contributed by atoms with E-state index in [1.165, 1.54) is 13.4 Å². The highest BCUT2D eigenvalue weighted by Gasteiger charge is 2.11. The van der Waals surface area contributed by atoms with Crippen LogP contribution in [0.15, 0.2) is 24.5 Å². The van der Waals surface area contributed by atoms with Crippen molar-refractivity contribution in [3.63, 3.8) is 0 Å². The summed E-state index contributed by atoms with van der Waals surface area (Å²) in [6, 6.07) is 5.47. The van der Waals surface area contributed by atoms with Crippen LogP contribution in [-0.4, -0.2) is 27.8 Å². The van der Waals surface area contributed by atoms with Gasteiger partial charge in [0.25, 0.3) is 5.82 Å². The molecule has 0 bridgehead atoms. The molecule has 2 aromatic rings. The Morgan fingerprint density at radius 2 is 2.21 bits per heavy atom. The van der Waals surface area contributed by atoms with E-state index in [0.717, 1.165) is 5.56 Å². The standard InChI is InChI=1S/C12H11Cl2N3O2/c1-19-12(18)11-15-7-17(16-11)6-5-8-3-2-4-9(13)10(8)14/h2-4,7H,5-6H2,1H3. The third kappa shape index (κ3) is 3.24. The highest BCUT2D eigenvalue weighted by atomic mass is 35.5. The average molecular weight is 300 g/mol. The Kier molecular flexibility index (Phi) is 4.39. The van der Waals surface area contributed by atoms with E-state index in [1.807, 2.05) is 12.1 Å². The summed E-state index contributed by atoms with van der Waals surface area (Å²) in [6.07, 6.45) is 2.12. The maximum atomic E-state index is 11.2. The molecule has 0 N–H and O–H groups in total. The van der Waals surface area contributed by atoms with E-state index >= 15 is 0 Å². The molecule has 19 heavy (non-hydrogen) atoms. The van der Waals surface area contributed by atoms with Gasteiger partial charge in [0.1, 0.15) is 6.33 Å². The molecule has 0 amide bonds. The van der Waals surface area contributed by atoms with E-state index in [4.69, 9.17) is 23.2 Å². The topological polar surface area (TPSA) is 57.0 Å². The SMILES string of the molecule is COC(=O)c1ncn(CCc2cccc(Cl)c2Cl)n1. The van der Waals surface area contributed by atoms with Crippen molar-refractivity contribution in [2.45, 2.75) is 13.0 Å².